The van der Waals surface area contributed by atoms with Crippen molar-refractivity contribution in [3.05, 3.63) is 60.7 Å². The molecule has 2 aromatic rings. The van der Waals surface area contributed by atoms with Gasteiger partial charge in [0, 0.05) is 6.61 Å². The van der Waals surface area contributed by atoms with Crippen LogP contribution in [0.2, 0.25) is 6.55 Å². The van der Waals surface area contributed by atoms with Crippen molar-refractivity contribution >= 4 is 18.7 Å². The van der Waals surface area contributed by atoms with Gasteiger partial charge in [-0.2, -0.15) is 0 Å². The molecule has 0 unspecified atom stereocenters. The van der Waals surface area contributed by atoms with Gasteiger partial charge < -0.3 is 9.33 Å². The molecular formula is C18H25NOSi. The average Bonchev–Trinajstić information content (AvgIpc) is 2.53. The van der Waals surface area contributed by atoms with Crippen LogP contribution in [-0.2, 0) is 4.43 Å². The zero-order chi connectivity index (χ0) is 15.1. The summed E-state index contributed by atoms with van der Waals surface area (Å²) in [6, 6.07) is 21.3. The van der Waals surface area contributed by atoms with Gasteiger partial charge in [0.25, 0.3) is 8.32 Å². The van der Waals surface area contributed by atoms with Crippen LogP contribution in [0.1, 0.15) is 6.42 Å². The van der Waals surface area contributed by atoms with Crippen molar-refractivity contribution in [1.82, 2.24) is 4.90 Å². The Labute approximate surface area is 129 Å². The van der Waals surface area contributed by atoms with Crippen LogP contribution in [0.15, 0.2) is 60.7 Å². The van der Waals surface area contributed by atoms with Gasteiger partial charge in [-0.15, -0.1) is 0 Å². The van der Waals surface area contributed by atoms with Gasteiger partial charge >= 0.3 is 0 Å². The number of hydrogen-bond donors (Lipinski definition) is 0. The van der Waals surface area contributed by atoms with Crippen LogP contribution in [0.4, 0.5) is 0 Å². The normalized spacial score (nSPS) is 11.8. The zero-order valence-electron chi connectivity index (χ0n) is 13.3. The van der Waals surface area contributed by atoms with E-state index in [0.717, 1.165) is 19.6 Å². The molecule has 0 bridgehead atoms. The van der Waals surface area contributed by atoms with E-state index in [1.54, 1.807) is 0 Å². The van der Waals surface area contributed by atoms with Crippen molar-refractivity contribution < 1.29 is 4.43 Å². The highest BCUT2D eigenvalue weighted by Crippen LogP contribution is 2.08. The Hall–Kier alpha value is -1.42. The highest BCUT2D eigenvalue weighted by Gasteiger charge is 2.33. The van der Waals surface area contributed by atoms with E-state index >= 15 is 0 Å². The fraction of sp³-hybridized carbons (Fsp3) is 0.333. The van der Waals surface area contributed by atoms with Gasteiger partial charge in [-0.25, -0.2) is 0 Å². The summed E-state index contributed by atoms with van der Waals surface area (Å²) < 4.78 is 6.46. The molecule has 0 spiro atoms. The summed E-state index contributed by atoms with van der Waals surface area (Å²) in [6.45, 7) is 4.17. The maximum atomic E-state index is 6.46. The summed E-state index contributed by atoms with van der Waals surface area (Å²) in [5.41, 5.74) is 0. The molecule has 0 saturated heterocycles. The molecule has 0 aliphatic rings. The smallest absolute Gasteiger partial charge is 0.252 e. The van der Waals surface area contributed by atoms with Crippen LogP contribution in [-0.4, -0.2) is 40.5 Å². The van der Waals surface area contributed by atoms with E-state index in [-0.39, 0.29) is 0 Å². The van der Waals surface area contributed by atoms with E-state index in [2.05, 4.69) is 86.2 Å². The molecule has 3 heteroatoms. The second-order valence-electron chi connectivity index (χ2n) is 5.77. The van der Waals surface area contributed by atoms with Gasteiger partial charge in [-0.3, -0.25) is 0 Å². The summed E-state index contributed by atoms with van der Waals surface area (Å²) in [4.78, 5) is 2.20. The van der Waals surface area contributed by atoms with Gasteiger partial charge in [0.15, 0.2) is 0 Å². The monoisotopic (exact) mass is 299 g/mol. The Kier molecular flexibility index (Phi) is 5.73. The minimum atomic E-state index is -2.09. The minimum absolute atomic E-state index is 0.810. The van der Waals surface area contributed by atoms with E-state index < -0.39 is 8.32 Å². The molecule has 0 heterocycles. The zero-order valence-corrected chi connectivity index (χ0v) is 14.3. The Morgan fingerprint density at radius 3 is 1.76 bits per heavy atom. The van der Waals surface area contributed by atoms with E-state index in [1.165, 1.54) is 10.4 Å². The van der Waals surface area contributed by atoms with Crippen molar-refractivity contribution in [3.63, 3.8) is 0 Å². The third-order valence-electron chi connectivity index (χ3n) is 3.79. The molecule has 0 aliphatic carbocycles. The lowest BCUT2D eigenvalue weighted by molar-refractivity contribution is 0.282. The minimum Gasteiger partial charge on any atom is -0.408 e. The van der Waals surface area contributed by atoms with Crippen LogP contribution < -0.4 is 10.4 Å². The fourth-order valence-electron chi connectivity index (χ4n) is 2.50. The lowest BCUT2D eigenvalue weighted by Gasteiger charge is -2.28. The predicted octanol–water partition coefficient (Wildman–Crippen LogP) is 2.34. The molecule has 2 aromatic carbocycles. The molecule has 0 amide bonds. The Morgan fingerprint density at radius 1 is 0.857 bits per heavy atom. The molecule has 0 atom stereocenters. The largest absolute Gasteiger partial charge is 0.408 e. The third kappa shape index (κ3) is 4.27. The van der Waals surface area contributed by atoms with Gasteiger partial charge in [0.2, 0.25) is 0 Å². The molecule has 2 rings (SSSR count). The van der Waals surface area contributed by atoms with Crippen LogP contribution in [0, 0.1) is 0 Å². The molecule has 0 N–H and O–H groups in total. The molecule has 0 aromatic heterocycles. The molecule has 0 saturated carbocycles. The lowest BCUT2D eigenvalue weighted by atomic mass is 10.4. The first-order valence-corrected chi connectivity index (χ1v) is 9.93. The van der Waals surface area contributed by atoms with Crippen molar-refractivity contribution in [2.24, 2.45) is 0 Å². The summed E-state index contributed by atoms with van der Waals surface area (Å²) in [7, 11) is 2.11. The maximum Gasteiger partial charge on any atom is 0.252 e. The fourth-order valence-corrected chi connectivity index (χ4v) is 5.38. The Morgan fingerprint density at radius 2 is 1.33 bits per heavy atom. The van der Waals surface area contributed by atoms with E-state index in [4.69, 9.17) is 4.43 Å². The van der Waals surface area contributed by atoms with Gasteiger partial charge in [-0.05, 0) is 44.0 Å². The molecule has 21 heavy (non-hydrogen) atoms. The number of nitrogens with zero attached hydrogens (tertiary/aromatic N) is 1. The van der Waals surface area contributed by atoms with Crippen LogP contribution >= 0.6 is 0 Å². The lowest BCUT2D eigenvalue weighted by Crippen LogP contribution is -2.58. The van der Waals surface area contributed by atoms with Crippen molar-refractivity contribution in [1.29, 1.82) is 0 Å². The van der Waals surface area contributed by atoms with Crippen LogP contribution in [0.25, 0.3) is 0 Å². The number of hydrogen-bond acceptors (Lipinski definition) is 2. The van der Waals surface area contributed by atoms with Crippen molar-refractivity contribution in [3.8, 4) is 0 Å². The van der Waals surface area contributed by atoms with Gasteiger partial charge in [0.1, 0.15) is 0 Å². The summed E-state index contributed by atoms with van der Waals surface area (Å²) in [6.07, 6.45) is 1.06. The second-order valence-corrected chi connectivity index (χ2v) is 9.28. The first-order chi connectivity index (χ1) is 10.1. The molecule has 0 aliphatic heterocycles. The van der Waals surface area contributed by atoms with Crippen molar-refractivity contribution in [2.75, 3.05) is 27.2 Å². The quantitative estimate of drug-likeness (QED) is 0.575. The van der Waals surface area contributed by atoms with Gasteiger partial charge in [-0.1, -0.05) is 60.7 Å². The van der Waals surface area contributed by atoms with Crippen LogP contribution in [0.3, 0.4) is 0 Å². The van der Waals surface area contributed by atoms with E-state index in [9.17, 15) is 0 Å². The SMILES string of the molecule is CN(C)CCCO[Si](C)(c1ccccc1)c1ccccc1. The van der Waals surface area contributed by atoms with Crippen molar-refractivity contribution in [2.45, 2.75) is 13.0 Å². The standard InChI is InChI=1S/C18H25NOSi/c1-19(2)15-10-16-20-21(3,17-11-6-4-7-12-17)18-13-8-5-9-14-18/h4-9,11-14H,10,15-16H2,1-3H3. The first-order valence-electron chi connectivity index (χ1n) is 7.52. The molecule has 0 fully saturated rings. The Bertz CT molecular complexity index is 488. The highest BCUT2D eigenvalue weighted by molar-refractivity contribution is 6.96. The van der Waals surface area contributed by atoms with E-state index in [1.807, 2.05) is 0 Å². The maximum absolute atomic E-state index is 6.46. The third-order valence-corrected chi connectivity index (χ3v) is 7.44. The first kappa shape index (κ1) is 16.0. The Balaban J connectivity index is 2.19. The summed E-state index contributed by atoms with van der Waals surface area (Å²) in [5.74, 6) is 0. The number of benzene rings is 2. The topological polar surface area (TPSA) is 12.5 Å². The summed E-state index contributed by atoms with van der Waals surface area (Å²) in [5, 5.41) is 2.67. The summed E-state index contributed by atoms with van der Waals surface area (Å²) >= 11 is 0. The van der Waals surface area contributed by atoms with Gasteiger partial charge in [0.05, 0.1) is 0 Å². The molecule has 0 radical (unpaired) electrons. The molecular weight excluding hydrogens is 274 g/mol. The highest BCUT2D eigenvalue weighted by atomic mass is 28.4. The number of rotatable bonds is 7. The van der Waals surface area contributed by atoms with Crippen LogP contribution in [0.5, 0.6) is 0 Å². The second kappa shape index (κ2) is 7.55. The van der Waals surface area contributed by atoms with E-state index in [0.29, 0.717) is 0 Å². The average molecular weight is 299 g/mol. The molecule has 2 nitrogen and oxygen atoms in total. The molecule has 112 valence electrons. The predicted molar refractivity (Wildman–Crippen MR) is 92.9 cm³/mol.